The summed E-state index contributed by atoms with van der Waals surface area (Å²) in [6.07, 6.45) is 0.878. The van der Waals surface area contributed by atoms with Crippen LogP contribution < -0.4 is 5.73 Å². The highest BCUT2D eigenvalue weighted by Crippen LogP contribution is 2.30. The van der Waals surface area contributed by atoms with Crippen LogP contribution in [0, 0.1) is 12.7 Å². The van der Waals surface area contributed by atoms with Gasteiger partial charge in [-0.3, -0.25) is 0 Å². The Bertz CT molecular complexity index is 809. The van der Waals surface area contributed by atoms with Crippen LogP contribution in [-0.4, -0.2) is 9.55 Å². The first-order chi connectivity index (χ1) is 9.95. The summed E-state index contributed by atoms with van der Waals surface area (Å²) in [5.41, 5.74) is 7.46. The summed E-state index contributed by atoms with van der Waals surface area (Å²) in [6.45, 7) is 4.20. The minimum Gasteiger partial charge on any atom is -0.369 e. The van der Waals surface area contributed by atoms with E-state index in [-0.39, 0.29) is 11.9 Å². The van der Waals surface area contributed by atoms with E-state index >= 15 is 0 Å². The van der Waals surface area contributed by atoms with Crippen LogP contribution in [-0.2, 0) is 6.42 Å². The normalized spacial score (nSPS) is 13.0. The molecule has 3 aromatic rings. The number of aryl methyl sites for hydroxylation is 1. The summed E-state index contributed by atoms with van der Waals surface area (Å²) in [7, 11) is 0. The van der Waals surface area contributed by atoms with E-state index in [1.54, 1.807) is 17.4 Å². The number of rotatable bonds is 3. The van der Waals surface area contributed by atoms with Crippen molar-refractivity contribution in [3.8, 4) is 0 Å². The third kappa shape index (κ3) is 2.70. The fourth-order valence-corrected chi connectivity index (χ4v) is 3.89. The number of halogens is 2. The maximum Gasteiger partial charge on any atom is 0.201 e. The Balaban J connectivity index is 2.02. The van der Waals surface area contributed by atoms with E-state index < -0.39 is 0 Å². The van der Waals surface area contributed by atoms with Crippen molar-refractivity contribution in [1.82, 2.24) is 9.55 Å². The van der Waals surface area contributed by atoms with Crippen LogP contribution in [0.15, 0.2) is 28.7 Å². The fraction of sp³-hybridized carbons (Fsp3) is 0.267. The molecule has 0 fully saturated rings. The number of aromatic nitrogens is 2. The summed E-state index contributed by atoms with van der Waals surface area (Å²) < 4.78 is 16.0. The summed E-state index contributed by atoms with van der Waals surface area (Å²) in [5.74, 6) is 0.0944. The van der Waals surface area contributed by atoms with Crippen LogP contribution in [0.3, 0.4) is 0 Å². The van der Waals surface area contributed by atoms with Crippen LogP contribution in [0.25, 0.3) is 11.0 Å². The monoisotopic (exact) mass is 367 g/mol. The molecule has 110 valence electrons. The van der Waals surface area contributed by atoms with Gasteiger partial charge in [0.2, 0.25) is 5.95 Å². The molecule has 0 aliphatic rings. The molecule has 0 saturated heterocycles. The quantitative estimate of drug-likeness (QED) is 0.729. The first kappa shape index (κ1) is 14.5. The van der Waals surface area contributed by atoms with Gasteiger partial charge >= 0.3 is 0 Å². The third-order valence-corrected chi connectivity index (χ3v) is 5.12. The van der Waals surface area contributed by atoms with Crippen LogP contribution in [0.1, 0.15) is 22.7 Å². The molecular formula is C15H15BrFN3S. The lowest BCUT2D eigenvalue weighted by molar-refractivity contribution is 0.570. The highest BCUT2D eigenvalue weighted by molar-refractivity contribution is 9.10. The Morgan fingerprint density at radius 3 is 2.86 bits per heavy atom. The van der Waals surface area contributed by atoms with Crippen molar-refractivity contribution >= 4 is 44.2 Å². The molecule has 1 aromatic carbocycles. The molecule has 0 spiro atoms. The first-order valence-electron chi connectivity index (χ1n) is 6.63. The minimum absolute atomic E-state index is 0.158. The molecule has 1 unspecified atom stereocenters. The van der Waals surface area contributed by atoms with E-state index in [9.17, 15) is 4.39 Å². The second kappa shape index (κ2) is 5.42. The molecule has 3 nitrogen and oxygen atoms in total. The number of nitrogens with zero attached hydrogens (tertiary/aromatic N) is 2. The zero-order chi connectivity index (χ0) is 15.1. The summed E-state index contributed by atoms with van der Waals surface area (Å²) in [4.78, 5) is 6.87. The van der Waals surface area contributed by atoms with Gasteiger partial charge in [0, 0.05) is 28.3 Å². The molecule has 2 aromatic heterocycles. The van der Waals surface area contributed by atoms with Crippen molar-refractivity contribution in [3.63, 3.8) is 0 Å². The number of hydrogen-bond acceptors (Lipinski definition) is 3. The molecule has 1 atom stereocenters. The Morgan fingerprint density at radius 2 is 2.19 bits per heavy atom. The van der Waals surface area contributed by atoms with Gasteiger partial charge in [-0.15, -0.1) is 11.3 Å². The SMILES string of the molecule is Cc1ccc(CC(C)n2c(N)nc3cc(F)c(Br)cc32)s1. The standard InChI is InChI=1S/C15H15BrFN3S/c1-8(5-10-4-3-9(2)21-10)20-14-6-11(16)12(17)7-13(14)19-15(20)18/h3-4,6-8H,5H2,1-2H3,(H2,18,19). The highest BCUT2D eigenvalue weighted by Gasteiger charge is 2.17. The van der Waals surface area contributed by atoms with Crippen molar-refractivity contribution in [2.75, 3.05) is 5.73 Å². The van der Waals surface area contributed by atoms with Gasteiger partial charge in [-0.2, -0.15) is 0 Å². The van der Waals surface area contributed by atoms with Crippen molar-refractivity contribution in [2.45, 2.75) is 26.3 Å². The Hall–Kier alpha value is -1.40. The third-order valence-electron chi connectivity index (χ3n) is 3.49. The summed E-state index contributed by atoms with van der Waals surface area (Å²) in [6, 6.07) is 7.57. The maximum absolute atomic E-state index is 13.6. The largest absolute Gasteiger partial charge is 0.369 e. The lowest BCUT2D eigenvalue weighted by Crippen LogP contribution is -2.10. The smallest absolute Gasteiger partial charge is 0.201 e. The molecule has 2 heterocycles. The molecule has 0 radical (unpaired) electrons. The van der Waals surface area contributed by atoms with Crippen LogP contribution in [0.2, 0.25) is 0 Å². The number of benzene rings is 1. The predicted octanol–water partition coefficient (Wildman–Crippen LogP) is 4.69. The lowest BCUT2D eigenvalue weighted by atomic mass is 10.2. The van der Waals surface area contributed by atoms with Gasteiger partial charge in [0.05, 0.1) is 15.5 Å². The molecule has 0 saturated carbocycles. The molecular weight excluding hydrogens is 353 g/mol. The number of anilines is 1. The molecule has 0 aliphatic heterocycles. The average Bonchev–Trinajstić information content (AvgIpc) is 2.93. The van der Waals surface area contributed by atoms with Gasteiger partial charge in [-0.05, 0) is 48.0 Å². The number of fused-ring (bicyclic) bond motifs is 1. The van der Waals surface area contributed by atoms with Gasteiger partial charge in [-0.25, -0.2) is 9.37 Å². The Labute approximate surface area is 134 Å². The van der Waals surface area contributed by atoms with Crippen LogP contribution in [0.4, 0.5) is 10.3 Å². The molecule has 0 aliphatic carbocycles. The number of thiophene rings is 1. The van der Waals surface area contributed by atoms with Crippen molar-refractivity contribution < 1.29 is 4.39 Å². The van der Waals surface area contributed by atoms with Gasteiger partial charge in [0.25, 0.3) is 0 Å². The zero-order valence-electron chi connectivity index (χ0n) is 11.7. The number of imidazole rings is 1. The summed E-state index contributed by atoms with van der Waals surface area (Å²) in [5, 5.41) is 0. The molecule has 6 heteroatoms. The second-order valence-electron chi connectivity index (χ2n) is 5.16. The predicted molar refractivity (Wildman–Crippen MR) is 89.3 cm³/mol. The van der Waals surface area contributed by atoms with E-state index in [1.807, 2.05) is 4.57 Å². The average molecular weight is 368 g/mol. The van der Waals surface area contributed by atoms with E-state index in [2.05, 4.69) is 46.9 Å². The molecule has 3 rings (SSSR count). The van der Waals surface area contributed by atoms with Crippen LogP contribution >= 0.6 is 27.3 Å². The second-order valence-corrected chi connectivity index (χ2v) is 7.39. The lowest BCUT2D eigenvalue weighted by Gasteiger charge is -2.15. The van der Waals surface area contributed by atoms with Crippen LogP contribution in [0.5, 0.6) is 0 Å². The van der Waals surface area contributed by atoms with Gasteiger partial charge < -0.3 is 10.3 Å². The maximum atomic E-state index is 13.6. The molecule has 0 bridgehead atoms. The fourth-order valence-electron chi connectivity index (χ4n) is 2.55. The van der Waals surface area contributed by atoms with E-state index in [1.165, 1.54) is 15.8 Å². The Kier molecular flexibility index (Phi) is 3.75. The minimum atomic E-state index is -0.325. The van der Waals surface area contributed by atoms with Gasteiger partial charge in [-0.1, -0.05) is 0 Å². The molecule has 0 amide bonds. The molecule has 2 N–H and O–H groups in total. The van der Waals surface area contributed by atoms with E-state index in [4.69, 9.17) is 5.73 Å². The number of nitrogen functional groups attached to an aromatic ring is 1. The number of hydrogen-bond donors (Lipinski definition) is 1. The topological polar surface area (TPSA) is 43.8 Å². The van der Waals surface area contributed by atoms with Gasteiger partial charge in [0.1, 0.15) is 5.82 Å². The molecule has 21 heavy (non-hydrogen) atoms. The van der Waals surface area contributed by atoms with Crippen molar-refractivity contribution in [3.05, 3.63) is 44.3 Å². The summed E-state index contributed by atoms with van der Waals surface area (Å²) >= 11 is 5.01. The zero-order valence-corrected chi connectivity index (χ0v) is 14.1. The Morgan fingerprint density at radius 1 is 1.43 bits per heavy atom. The first-order valence-corrected chi connectivity index (χ1v) is 8.24. The van der Waals surface area contributed by atoms with Gasteiger partial charge in [0.15, 0.2) is 0 Å². The number of nitrogens with two attached hydrogens (primary N) is 1. The van der Waals surface area contributed by atoms with E-state index in [0.29, 0.717) is 15.9 Å². The van der Waals surface area contributed by atoms with Crippen molar-refractivity contribution in [2.24, 2.45) is 0 Å². The van der Waals surface area contributed by atoms with Crippen molar-refractivity contribution in [1.29, 1.82) is 0 Å². The highest BCUT2D eigenvalue weighted by atomic mass is 79.9. The van der Waals surface area contributed by atoms with E-state index in [0.717, 1.165) is 11.9 Å².